The summed E-state index contributed by atoms with van der Waals surface area (Å²) < 4.78 is 28.4. The predicted octanol–water partition coefficient (Wildman–Crippen LogP) is 3.23. The maximum absolute atomic E-state index is 12.6. The van der Waals surface area contributed by atoms with Gasteiger partial charge in [-0.2, -0.15) is 0 Å². The van der Waals surface area contributed by atoms with E-state index in [1.807, 2.05) is 0 Å². The van der Waals surface area contributed by atoms with Gasteiger partial charge in [0.05, 0.1) is 17.6 Å². The van der Waals surface area contributed by atoms with Crippen molar-refractivity contribution in [2.45, 2.75) is 51.3 Å². The number of amides is 1. The fourth-order valence-corrected chi connectivity index (χ4v) is 3.80. The summed E-state index contributed by atoms with van der Waals surface area (Å²) in [6, 6.07) is 8.37. The van der Waals surface area contributed by atoms with E-state index < -0.39 is 15.9 Å². The molecule has 0 fully saturated rings. The van der Waals surface area contributed by atoms with Gasteiger partial charge in [-0.3, -0.25) is 4.79 Å². The zero-order valence-electron chi connectivity index (χ0n) is 17.9. The van der Waals surface area contributed by atoms with E-state index in [2.05, 4.69) is 52.1 Å². The molecule has 0 aliphatic heterocycles. The van der Waals surface area contributed by atoms with Crippen molar-refractivity contribution >= 4 is 15.9 Å². The second-order valence-electron chi connectivity index (χ2n) is 8.25. The van der Waals surface area contributed by atoms with Crippen LogP contribution < -0.4 is 15.2 Å². The van der Waals surface area contributed by atoms with E-state index in [1.165, 1.54) is 47.6 Å². The molecular formula is C22H30N2O4S. The predicted molar refractivity (Wildman–Crippen MR) is 115 cm³/mol. The molecule has 0 heterocycles. The topological polar surface area (TPSA) is 98.5 Å². The molecule has 6 nitrogen and oxygen atoms in total. The van der Waals surface area contributed by atoms with E-state index in [1.54, 1.807) is 0 Å². The Labute approximate surface area is 173 Å². The minimum Gasteiger partial charge on any atom is -0.496 e. The number of methoxy groups -OCH3 is 1. The highest BCUT2D eigenvalue weighted by Crippen LogP contribution is 2.27. The van der Waals surface area contributed by atoms with Crippen LogP contribution in [0.15, 0.2) is 35.2 Å². The summed E-state index contributed by atoms with van der Waals surface area (Å²) in [5.74, 6) is -0.120. The number of carbonyl (C=O) groups excluding carboxylic acids is 1. The molecule has 2 rings (SSSR count). The first-order valence-corrected chi connectivity index (χ1v) is 11.0. The SMILES string of the molecule is COc1ccc(S(N)(=O)=O)cc1C(=O)NCCc1c(C)cc(C(C)(C)C)cc1C. The first-order chi connectivity index (χ1) is 13.3. The van der Waals surface area contributed by atoms with Crippen molar-refractivity contribution in [2.75, 3.05) is 13.7 Å². The monoisotopic (exact) mass is 418 g/mol. The fourth-order valence-electron chi connectivity index (χ4n) is 3.26. The van der Waals surface area contributed by atoms with Gasteiger partial charge in [-0.1, -0.05) is 32.9 Å². The average molecular weight is 419 g/mol. The summed E-state index contributed by atoms with van der Waals surface area (Å²) in [5.41, 5.74) is 5.08. The molecule has 2 aromatic rings. The maximum atomic E-state index is 12.6. The van der Waals surface area contributed by atoms with Crippen LogP contribution in [0.5, 0.6) is 5.75 Å². The Morgan fingerprint density at radius 3 is 2.17 bits per heavy atom. The van der Waals surface area contributed by atoms with Gasteiger partial charge in [-0.25, -0.2) is 13.6 Å². The molecule has 158 valence electrons. The summed E-state index contributed by atoms with van der Waals surface area (Å²) >= 11 is 0. The number of benzene rings is 2. The smallest absolute Gasteiger partial charge is 0.255 e. The molecular weight excluding hydrogens is 388 g/mol. The molecule has 7 heteroatoms. The minimum absolute atomic E-state index is 0.0766. The largest absolute Gasteiger partial charge is 0.496 e. The Balaban J connectivity index is 2.17. The van der Waals surface area contributed by atoms with Crippen molar-refractivity contribution in [1.29, 1.82) is 0 Å². The summed E-state index contributed by atoms with van der Waals surface area (Å²) in [6.45, 7) is 11.1. The fraction of sp³-hybridized carbons (Fsp3) is 0.409. The molecule has 0 radical (unpaired) electrons. The molecule has 0 saturated carbocycles. The number of aryl methyl sites for hydroxylation is 2. The van der Waals surface area contributed by atoms with E-state index in [-0.39, 0.29) is 21.6 Å². The van der Waals surface area contributed by atoms with Gasteiger partial charge in [0.15, 0.2) is 0 Å². The van der Waals surface area contributed by atoms with Crippen molar-refractivity contribution in [2.24, 2.45) is 5.14 Å². The normalized spacial score (nSPS) is 12.0. The quantitative estimate of drug-likeness (QED) is 0.752. The van der Waals surface area contributed by atoms with E-state index in [4.69, 9.17) is 9.88 Å². The van der Waals surface area contributed by atoms with Crippen molar-refractivity contribution < 1.29 is 17.9 Å². The lowest BCUT2D eigenvalue weighted by atomic mass is 9.83. The second kappa shape index (κ2) is 8.55. The highest BCUT2D eigenvalue weighted by molar-refractivity contribution is 7.89. The van der Waals surface area contributed by atoms with Gasteiger partial charge in [0.2, 0.25) is 10.0 Å². The van der Waals surface area contributed by atoms with Crippen molar-refractivity contribution in [3.63, 3.8) is 0 Å². The number of hydrogen-bond acceptors (Lipinski definition) is 4. The lowest BCUT2D eigenvalue weighted by Crippen LogP contribution is -2.27. The van der Waals surface area contributed by atoms with E-state index in [0.29, 0.717) is 13.0 Å². The third-order valence-corrected chi connectivity index (χ3v) is 5.88. The van der Waals surface area contributed by atoms with E-state index >= 15 is 0 Å². The van der Waals surface area contributed by atoms with Crippen LogP contribution in [0.2, 0.25) is 0 Å². The molecule has 29 heavy (non-hydrogen) atoms. The molecule has 1 amide bonds. The van der Waals surface area contributed by atoms with Gasteiger partial charge < -0.3 is 10.1 Å². The molecule has 0 aromatic heterocycles. The van der Waals surface area contributed by atoms with Gasteiger partial charge in [0.1, 0.15) is 5.75 Å². The van der Waals surface area contributed by atoms with Crippen LogP contribution in [0.1, 0.15) is 53.4 Å². The number of carbonyl (C=O) groups is 1. The molecule has 2 aromatic carbocycles. The Bertz CT molecular complexity index is 999. The van der Waals surface area contributed by atoms with Gasteiger partial charge in [-0.05, 0) is 66.1 Å². The first-order valence-electron chi connectivity index (χ1n) is 9.44. The highest BCUT2D eigenvalue weighted by Gasteiger charge is 2.18. The van der Waals surface area contributed by atoms with Crippen LogP contribution in [-0.4, -0.2) is 28.0 Å². The molecule has 3 N–H and O–H groups in total. The lowest BCUT2D eigenvalue weighted by molar-refractivity contribution is 0.0951. The molecule has 0 unspecified atom stereocenters. The third-order valence-electron chi connectivity index (χ3n) is 4.97. The number of nitrogens with one attached hydrogen (secondary N) is 1. The molecule has 0 aliphatic rings. The van der Waals surface area contributed by atoms with Crippen LogP contribution in [0.25, 0.3) is 0 Å². The standard InChI is InChI=1S/C22H30N2O4S/c1-14-11-16(22(3,4)5)12-15(2)18(14)9-10-24-21(25)19-13-17(29(23,26)27)7-8-20(19)28-6/h7-8,11-13H,9-10H2,1-6H3,(H,24,25)(H2,23,26,27). The number of sulfonamides is 1. The number of rotatable bonds is 6. The zero-order valence-corrected chi connectivity index (χ0v) is 18.7. The number of nitrogens with two attached hydrogens (primary N) is 1. The molecule has 0 aliphatic carbocycles. The van der Waals surface area contributed by atoms with Crippen LogP contribution in [0.3, 0.4) is 0 Å². The lowest BCUT2D eigenvalue weighted by Gasteiger charge is -2.22. The van der Waals surface area contributed by atoms with Crippen molar-refractivity contribution in [3.8, 4) is 5.75 Å². The first kappa shape index (κ1) is 22.9. The summed E-state index contributed by atoms with van der Waals surface area (Å²) in [4.78, 5) is 12.5. The molecule has 0 saturated heterocycles. The van der Waals surface area contributed by atoms with Crippen molar-refractivity contribution in [3.05, 3.63) is 58.1 Å². The summed E-state index contributed by atoms with van der Waals surface area (Å²) in [7, 11) is -2.49. The molecule has 0 bridgehead atoms. The summed E-state index contributed by atoms with van der Waals surface area (Å²) in [6.07, 6.45) is 0.672. The molecule has 0 atom stereocenters. The minimum atomic E-state index is -3.91. The Hall–Kier alpha value is -2.38. The van der Waals surface area contributed by atoms with Crippen LogP contribution >= 0.6 is 0 Å². The van der Waals surface area contributed by atoms with Crippen LogP contribution in [-0.2, 0) is 21.9 Å². The number of primary sulfonamides is 1. The Morgan fingerprint density at radius 2 is 1.69 bits per heavy atom. The van der Waals surface area contributed by atoms with Crippen molar-refractivity contribution in [1.82, 2.24) is 5.32 Å². The van der Waals surface area contributed by atoms with Crippen LogP contribution in [0, 0.1) is 13.8 Å². The molecule has 0 spiro atoms. The number of ether oxygens (including phenoxy) is 1. The van der Waals surface area contributed by atoms with E-state index in [9.17, 15) is 13.2 Å². The highest BCUT2D eigenvalue weighted by atomic mass is 32.2. The van der Waals surface area contributed by atoms with Gasteiger partial charge in [0, 0.05) is 6.54 Å². The zero-order chi connectivity index (χ0) is 22.0. The number of hydrogen-bond donors (Lipinski definition) is 2. The van der Waals surface area contributed by atoms with Crippen LogP contribution in [0.4, 0.5) is 0 Å². The third kappa shape index (κ3) is 5.58. The van der Waals surface area contributed by atoms with Gasteiger partial charge in [-0.15, -0.1) is 0 Å². The maximum Gasteiger partial charge on any atom is 0.255 e. The Kier molecular flexibility index (Phi) is 6.75. The average Bonchev–Trinajstić information content (AvgIpc) is 2.61. The Morgan fingerprint density at radius 1 is 1.10 bits per heavy atom. The van der Waals surface area contributed by atoms with E-state index in [0.717, 1.165) is 0 Å². The second-order valence-corrected chi connectivity index (χ2v) is 9.81. The van der Waals surface area contributed by atoms with Gasteiger partial charge >= 0.3 is 0 Å². The van der Waals surface area contributed by atoms with Gasteiger partial charge in [0.25, 0.3) is 5.91 Å². The summed E-state index contributed by atoms with van der Waals surface area (Å²) in [5, 5.41) is 8.01.